The third-order valence-electron chi connectivity index (χ3n) is 4.26. The molecule has 0 spiro atoms. The monoisotopic (exact) mass is 372 g/mol. The van der Waals surface area contributed by atoms with Crippen molar-refractivity contribution >= 4 is 11.9 Å². The average Bonchev–Trinajstić information content (AvgIpc) is 2.74. The molecule has 0 saturated heterocycles. The fourth-order valence-corrected chi connectivity index (χ4v) is 2.79. The van der Waals surface area contributed by atoms with Gasteiger partial charge in [-0.1, -0.05) is 30.3 Å². The highest BCUT2D eigenvalue weighted by molar-refractivity contribution is 5.81. The Balaban J connectivity index is 2.26. The molecule has 0 bridgehead atoms. The van der Waals surface area contributed by atoms with Crippen molar-refractivity contribution in [1.29, 1.82) is 5.26 Å². The molecule has 0 saturated carbocycles. The Morgan fingerprint density at radius 1 is 1.11 bits per heavy atom. The van der Waals surface area contributed by atoms with Crippen molar-refractivity contribution < 1.29 is 4.74 Å². The number of rotatable bonds is 5. The average molecular weight is 372 g/mol. The summed E-state index contributed by atoms with van der Waals surface area (Å²) >= 11 is 0. The van der Waals surface area contributed by atoms with Crippen LogP contribution in [0.25, 0.3) is 11.3 Å². The summed E-state index contributed by atoms with van der Waals surface area (Å²) in [7, 11) is 1.57. The Hall–Kier alpha value is -4.05. The van der Waals surface area contributed by atoms with Crippen molar-refractivity contribution in [2.45, 2.75) is 6.92 Å². The van der Waals surface area contributed by atoms with Gasteiger partial charge in [-0.25, -0.2) is 0 Å². The van der Waals surface area contributed by atoms with E-state index in [0.29, 0.717) is 16.9 Å². The highest BCUT2D eigenvalue weighted by Crippen LogP contribution is 2.33. The molecule has 3 aromatic rings. The molecule has 28 heavy (non-hydrogen) atoms. The van der Waals surface area contributed by atoms with Gasteiger partial charge in [-0.3, -0.25) is 4.79 Å². The van der Waals surface area contributed by atoms with Crippen molar-refractivity contribution in [1.82, 2.24) is 4.68 Å². The Bertz CT molecular complexity index is 1140. The van der Waals surface area contributed by atoms with E-state index in [0.717, 1.165) is 4.68 Å². The van der Waals surface area contributed by atoms with Gasteiger partial charge >= 0.3 is 0 Å². The second-order valence-electron chi connectivity index (χ2n) is 5.90. The van der Waals surface area contributed by atoms with E-state index >= 15 is 0 Å². The molecule has 3 rings (SSSR count). The standard InChI is InChI=1S/C21H16N4O3/c1-14-18(12-22)21(26)25(23-13-15-8-10-17(28-2)11-9-15)20(19(14)24-27)16-6-4-3-5-7-16/h3-11,13H,1-2H3/b23-13+. The van der Waals surface area contributed by atoms with Crippen molar-refractivity contribution in [2.75, 3.05) is 7.11 Å². The van der Waals surface area contributed by atoms with Crippen LogP contribution >= 0.6 is 0 Å². The first-order valence-electron chi connectivity index (χ1n) is 8.37. The van der Waals surface area contributed by atoms with E-state index in [2.05, 4.69) is 10.3 Å². The largest absolute Gasteiger partial charge is 0.497 e. The van der Waals surface area contributed by atoms with Crippen LogP contribution in [0.1, 0.15) is 16.7 Å². The van der Waals surface area contributed by atoms with Gasteiger partial charge in [0.2, 0.25) is 0 Å². The lowest BCUT2D eigenvalue weighted by Crippen LogP contribution is -2.23. The van der Waals surface area contributed by atoms with Gasteiger partial charge in [0, 0.05) is 11.1 Å². The van der Waals surface area contributed by atoms with Crippen LogP contribution in [0.15, 0.2) is 69.7 Å². The summed E-state index contributed by atoms with van der Waals surface area (Å²) in [4.78, 5) is 24.4. The summed E-state index contributed by atoms with van der Waals surface area (Å²) in [5, 5.41) is 16.7. The zero-order chi connectivity index (χ0) is 20.1. The number of pyridine rings is 1. The van der Waals surface area contributed by atoms with Gasteiger partial charge in [-0.15, -0.1) is 4.91 Å². The van der Waals surface area contributed by atoms with Crippen molar-refractivity contribution in [3.8, 4) is 23.1 Å². The Morgan fingerprint density at radius 3 is 2.36 bits per heavy atom. The maximum Gasteiger partial charge on any atom is 0.289 e. The third-order valence-corrected chi connectivity index (χ3v) is 4.26. The lowest BCUT2D eigenvalue weighted by molar-refractivity contribution is 0.415. The molecule has 7 heteroatoms. The van der Waals surface area contributed by atoms with E-state index in [1.165, 1.54) is 13.1 Å². The molecule has 0 amide bonds. The quantitative estimate of drug-likeness (QED) is 0.500. The number of hydrogen-bond donors (Lipinski definition) is 0. The molecule has 0 aliphatic rings. The maximum absolute atomic E-state index is 12.9. The number of hydrogen-bond acceptors (Lipinski definition) is 6. The summed E-state index contributed by atoms with van der Waals surface area (Å²) in [6.45, 7) is 1.53. The molecule has 0 N–H and O–H groups in total. The molecule has 0 unspecified atom stereocenters. The number of aromatic nitrogens is 1. The summed E-state index contributed by atoms with van der Waals surface area (Å²) < 4.78 is 6.16. The van der Waals surface area contributed by atoms with E-state index < -0.39 is 5.56 Å². The maximum atomic E-state index is 12.9. The molecular weight excluding hydrogens is 356 g/mol. The first kappa shape index (κ1) is 18.7. The number of nitroso groups, excluding NO2 is 1. The lowest BCUT2D eigenvalue weighted by Gasteiger charge is -2.13. The van der Waals surface area contributed by atoms with Crippen LogP contribution in [-0.2, 0) is 0 Å². The summed E-state index contributed by atoms with van der Waals surface area (Å²) in [6.07, 6.45) is 1.47. The first-order chi connectivity index (χ1) is 13.6. The number of nitriles is 1. The molecule has 0 aliphatic carbocycles. The molecule has 0 fully saturated rings. The number of ether oxygens (including phenoxy) is 1. The minimum Gasteiger partial charge on any atom is -0.497 e. The van der Waals surface area contributed by atoms with Gasteiger partial charge < -0.3 is 4.74 Å². The number of nitrogens with zero attached hydrogens (tertiary/aromatic N) is 4. The van der Waals surface area contributed by atoms with E-state index in [9.17, 15) is 15.0 Å². The van der Waals surface area contributed by atoms with Crippen LogP contribution in [0.2, 0.25) is 0 Å². The molecular formula is C21H16N4O3. The van der Waals surface area contributed by atoms with Gasteiger partial charge in [-0.2, -0.15) is 15.0 Å². The van der Waals surface area contributed by atoms with Crippen LogP contribution in [-0.4, -0.2) is 18.0 Å². The van der Waals surface area contributed by atoms with E-state index in [1.807, 2.05) is 12.1 Å². The number of methoxy groups -OCH3 is 1. The Kier molecular flexibility index (Phi) is 5.42. The normalized spacial score (nSPS) is 10.6. The summed E-state index contributed by atoms with van der Waals surface area (Å²) in [5.74, 6) is 0.689. The smallest absolute Gasteiger partial charge is 0.289 e. The molecule has 0 radical (unpaired) electrons. The number of benzene rings is 2. The predicted octanol–water partition coefficient (Wildman–Crippen LogP) is 3.98. The fourth-order valence-electron chi connectivity index (χ4n) is 2.79. The van der Waals surface area contributed by atoms with Crippen molar-refractivity contribution in [3.05, 3.63) is 86.5 Å². The van der Waals surface area contributed by atoms with E-state index in [1.54, 1.807) is 55.6 Å². The molecule has 138 valence electrons. The minimum atomic E-state index is -0.615. The lowest BCUT2D eigenvalue weighted by atomic mass is 10.0. The SMILES string of the molecule is COc1ccc(/C=N/n2c(-c3ccccc3)c(N=O)c(C)c(C#N)c2=O)cc1. The second kappa shape index (κ2) is 8.10. The van der Waals surface area contributed by atoms with Crippen LogP contribution in [0.5, 0.6) is 5.75 Å². The molecule has 7 nitrogen and oxygen atoms in total. The van der Waals surface area contributed by atoms with Crippen molar-refractivity contribution in [3.63, 3.8) is 0 Å². The summed E-state index contributed by atoms with van der Waals surface area (Å²) in [5.41, 5.74) is 1.01. The summed E-state index contributed by atoms with van der Waals surface area (Å²) in [6, 6.07) is 17.8. The van der Waals surface area contributed by atoms with Crippen LogP contribution < -0.4 is 10.3 Å². The van der Waals surface area contributed by atoms with Crippen LogP contribution in [0.4, 0.5) is 5.69 Å². The van der Waals surface area contributed by atoms with Crippen LogP contribution in [0.3, 0.4) is 0 Å². The van der Waals surface area contributed by atoms with Gasteiger partial charge in [0.15, 0.2) is 0 Å². The van der Waals surface area contributed by atoms with Gasteiger partial charge in [0.25, 0.3) is 5.56 Å². The molecule has 0 atom stereocenters. The minimum absolute atomic E-state index is 0.00855. The van der Waals surface area contributed by atoms with Gasteiger partial charge in [-0.05, 0) is 41.9 Å². The van der Waals surface area contributed by atoms with E-state index in [4.69, 9.17) is 4.74 Å². The van der Waals surface area contributed by atoms with Crippen molar-refractivity contribution in [2.24, 2.45) is 10.3 Å². The fraction of sp³-hybridized carbons (Fsp3) is 0.0952. The van der Waals surface area contributed by atoms with Gasteiger partial charge in [0.05, 0.1) is 13.3 Å². The molecule has 2 aromatic carbocycles. The first-order valence-corrected chi connectivity index (χ1v) is 8.37. The topological polar surface area (TPSA) is 96.8 Å². The second-order valence-corrected chi connectivity index (χ2v) is 5.90. The highest BCUT2D eigenvalue weighted by Gasteiger charge is 2.21. The predicted molar refractivity (Wildman–Crippen MR) is 107 cm³/mol. The van der Waals surface area contributed by atoms with Crippen LogP contribution in [0, 0.1) is 23.2 Å². The highest BCUT2D eigenvalue weighted by atomic mass is 16.5. The van der Waals surface area contributed by atoms with Gasteiger partial charge in [0.1, 0.15) is 28.8 Å². The molecule has 1 aromatic heterocycles. The Labute approximate surface area is 161 Å². The molecule has 0 aliphatic heterocycles. The zero-order valence-corrected chi connectivity index (χ0v) is 15.3. The zero-order valence-electron chi connectivity index (χ0n) is 15.3. The third kappa shape index (κ3) is 3.44. The van der Waals surface area contributed by atoms with E-state index in [-0.39, 0.29) is 22.5 Å². The Morgan fingerprint density at radius 2 is 1.79 bits per heavy atom. The molecule has 1 heterocycles.